The predicted octanol–water partition coefficient (Wildman–Crippen LogP) is 0.186. The number of aromatic nitrogens is 1. The van der Waals surface area contributed by atoms with Crippen molar-refractivity contribution in [3.05, 3.63) is 18.0 Å². The maximum absolute atomic E-state index is 11.4. The Hall–Kier alpha value is -1.36. The Morgan fingerprint density at radius 3 is 3.14 bits per heavy atom. The summed E-state index contributed by atoms with van der Waals surface area (Å²) in [5, 5.41) is 12.9. The maximum Gasteiger partial charge on any atom is 0.223 e. The Bertz CT molecular complexity index is 323. The normalized spacial score (nSPS) is 27.3. The average Bonchev–Trinajstić information content (AvgIpc) is 2.76. The van der Waals surface area contributed by atoms with Crippen LogP contribution < -0.4 is 0 Å². The number of likely N-dealkylation sites (tertiary alicyclic amines) is 1. The van der Waals surface area contributed by atoms with Crippen molar-refractivity contribution in [3.8, 4) is 0 Å². The molecule has 1 aromatic rings. The topological polar surface area (TPSA) is 66.6 Å². The van der Waals surface area contributed by atoms with E-state index in [-0.39, 0.29) is 24.5 Å². The van der Waals surface area contributed by atoms with Gasteiger partial charge in [0.25, 0.3) is 0 Å². The highest BCUT2D eigenvalue weighted by molar-refractivity contribution is 5.79. The number of hydrogen-bond donors (Lipinski definition) is 1. The van der Waals surface area contributed by atoms with Gasteiger partial charge in [-0.1, -0.05) is 5.16 Å². The fourth-order valence-electron chi connectivity index (χ4n) is 1.93. The monoisotopic (exact) mass is 196 g/mol. The molecule has 0 spiro atoms. The Kier molecular flexibility index (Phi) is 2.25. The van der Waals surface area contributed by atoms with Crippen molar-refractivity contribution >= 4 is 5.91 Å². The van der Waals surface area contributed by atoms with Gasteiger partial charge in [0.05, 0.1) is 6.04 Å². The van der Waals surface area contributed by atoms with Crippen LogP contribution in [0.3, 0.4) is 0 Å². The number of aliphatic hydroxyl groups is 1. The summed E-state index contributed by atoms with van der Waals surface area (Å²) in [6.07, 6.45) is 1.85. The molecule has 1 amide bonds. The molecule has 5 heteroatoms. The molecular weight excluding hydrogens is 184 g/mol. The van der Waals surface area contributed by atoms with Gasteiger partial charge in [-0.2, -0.15) is 0 Å². The van der Waals surface area contributed by atoms with E-state index in [4.69, 9.17) is 9.63 Å². The summed E-state index contributed by atoms with van der Waals surface area (Å²) < 4.78 is 4.73. The van der Waals surface area contributed by atoms with Gasteiger partial charge < -0.3 is 14.5 Å². The summed E-state index contributed by atoms with van der Waals surface area (Å²) in [6.45, 7) is -0.00634. The molecule has 0 saturated carbocycles. The molecule has 1 saturated heterocycles. The number of aliphatic hydroxyl groups excluding tert-OH is 1. The molecule has 0 radical (unpaired) electrons. The van der Waals surface area contributed by atoms with Crippen molar-refractivity contribution in [1.29, 1.82) is 0 Å². The molecule has 0 aliphatic carbocycles. The van der Waals surface area contributed by atoms with E-state index in [1.165, 1.54) is 6.26 Å². The molecule has 2 atom stereocenters. The van der Waals surface area contributed by atoms with Crippen molar-refractivity contribution in [2.75, 3.05) is 13.7 Å². The van der Waals surface area contributed by atoms with Gasteiger partial charge in [0.15, 0.2) is 0 Å². The largest absolute Gasteiger partial charge is 0.396 e. The van der Waals surface area contributed by atoms with Crippen molar-refractivity contribution < 1.29 is 14.4 Å². The van der Waals surface area contributed by atoms with Crippen LogP contribution in [0.2, 0.25) is 0 Å². The first-order valence-corrected chi connectivity index (χ1v) is 4.51. The van der Waals surface area contributed by atoms with Crippen LogP contribution in [0.15, 0.2) is 16.9 Å². The second-order valence-corrected chi connectivity index (χ2v) is 3.52. The fourth-order valence-corrected chi connectivity index (χ4v) is 1.93. The Morgan fingerprint density at radius 2 is 2.57 bits per heavy atom. The molecule has 2 heterocycles. The van der Waals surface area contributed by atoms with Crippen molar-refractivity contribution in [1.82, 2.24) is 10.1 Å². The third kappa shape index (κ3) is 1.29. The van der Waals surface area contributed by atoms with Crippen LogP contribution in [0.5, 0.6) is 0 Å². The molecule has 1 N–H and O–H groups in total. The minimum atomic E-state index is -0.147. The van der Waals surface area contributed by atoms with E-state index in [0.29, 0.717) is 12.1 Å². The Morgan fingerprint density at radius 1 is 1.79 bits per heavy atom. The molecule has 1 aliphatic heterocycles. The summed E-state index contributed by atoms with van der Waals surface area (Å²) >= 11 is 0. The van der Waals surface area contributed by atoms with Gasteiger partial charge in [-0.15, -0.1) is 0 Å². The van der Waals surface area contributed by atoms with Crippen LogP contribution >= 0.6 is 0 Å². The predicted molar refractivity (Wildman–Crippen MR) is 47.2 cm³/mol. The van der Waals surface area contributed by atoms with Crippen LogP contribution in [0, 0.1) is 5.92 Å². The zero-order valence-corrected chi connectivity index (χ0v) is 7.88. The quantitative estimate of drug-likeness (QED) is 0.733. The van der Waals surface area contributed by atoms with E-state index in [1.807, 2.05) is 0 Å². The zero-order valence-electron chi connectivity index (χ0n) is 7.88. The van der Waals surface area contributed by atoms with Crippen LogP contribution in [0.4, 0.5) is 0 Å². The first-order valence-electron chi connectivity index (χ1n) is 4.51. The van der Waals surface area contributed by atoms with Crippen LogP contribution in [0.1, 0.15) is 18.2 Å². The van der Waals surface area contributed by atoms with E-state index in [9.17, 15) is 4.79 Å². The molecular formula is C9H12N2O3. The molecule has 2 unspecified atom stereocenters. The van der Waals surface area contributed by atoms with Gasteiger partial charge in [-0.3, -0.25) is 4.79 Å². The van der Waals surface area contributed by atoms with Crippen LogP contribution in [-0.2, 0) is 4.79 Å². The van der Waals surface area contributed by atoms with Gasteiger partial charge in [-0.25, -0.2) is 0 Å². The summed E-state index contributed by atoms with van der Waals surface area (Å²) in [7, 11) is 1.72. The van der Waals surface area contributed by atoms with Crippen molar-refractivity contribution in [3.63, 3.8) is 0 Å². The SMILES string of the molecule is CN1C(=O)CC(CO)C1c1ccon1. The van der Waals surface area contributed by atoms with E-state index in [0.717, 1.165) is 0 Å². The van der Waals surface area contributed by atoms with Gasteiger partial charge in [0.2, 0.25) is 5.91 Å². The second kappa shape index (κ2) is 3.42. The third-order valence-electron chi connectivity index (χ3n) is 2.69. The molecule has 2 rings (SSSR count). The molecule has 1 fully saturated rings. The lowest BCUT2D eigenvalue weighted by molar-refractivity contribution is -0.127. The summed E-state index contributed by atoms with van der Waals surface area (Å²) in [5.74, 6) is -0.0327. The highest BCUT2D eigenvalue weighted by Crippen LogP contribution is 2.35. The van der Waals surface area contributed by atoms with Gasteiger partial charge >= 0.3 is 0 Å². The number of carbonyl (C=O) groups excluding carboxylic acids is 1. The van der Waals surface area contributed by atoms with Crippen molar-refractivity contribution in [2.45, 2.75) is 12.5 Å². The average molecular weight is 196 g/mol. The molecule has 14 heavy (non-hydrogen) atoms. The van der Waals surface area contributed by atoms with Crippen LogP contribution in [0.25, 0.3) is 0 Å². The number of carbonyl (C=O) groups is 1. The Balaban J connectivity index is 2.28. The third-order valence-corrected chi connectivity index (χ3v) is 2.69. The standard InChI is InChI=1S/C9H12N2O3/c1-11-8(13)4-6(5-12)9(11)7-2-3-14-10-7/h2-3,6,9,12H,4-5H2,1H3. The van der Waals surface area contributed by atoms with Gasteiger partial charge in [0, 0.05) is 32.1 Å². The van der Waals surface area contributed by atoms with E-state index in [2.05, 4.69) is 5.16 Å². The number of amides is 1. The van der Waals surface area contributed by atoms with Crippen molar-refractivity contribution in [2.24, 2.45) is 5.92 Å². The lowest BCUT2D eigenvalue weighted by Gasteiger charge is -2.21. The number of hydrogen-bond acceptors (Lipinski definition) is 4. The summed E-state index contributed by atoms with van der Waals surface area (Å²) in [6, 6.07) is 1.58. The van der Waals surface area contributed by atoms with E-state index >= 15 is 0 Å². The molecule has 1 aromatic heterocycles. The fraction of sp³-hybridized carbons (Fsp3) is 0.556. The van der Waals surface area contributed by atoms with E-state index in [1.54, 1.807) is 18.0 Å². The Labute approximate surface area is 81.3 Å². The lowest BCUT2D eigenvalue weighted by atomic mass is 9.99. The summed E-state index contributed by atoms with van der Waals surface area (Å²) in [4.78, 5) is 13.0. The highest BCUT2D eigenvalue weighted by Gasteiger charge is 2.39. The molecule has 5 nitrogen and oxygen atoms in total. The minimum absolute atomic E-state index is 0.00634. The minimum Gasteiger partial charge on any atom is -0.396 e. The molecule has 0 bridgehead atoms. The van der Waals surface area contributed by atoms with Gasteiger partial charge in [0.1, 0.15) is 12.0 Å². The lowest BCUT2D eigenvalue weighted by Crippen LogP contribution is -2.25. The molecule has 76 valence electrons. The first-order chi connectivity index (χ1) is 6.74. The second-order valence-electron chi connectivity index (χ2n) is 3.52. The van der Waals surface area contributed by atoms with Gasteiger partial charge in [-0.05, 0) is 0 Å². The highest BCUT2D eigenvalue weighted by atomic mass is 16.5. The number of rotatable bonds is 2. The number of nitrogens with zero attached hydrogens (tertiary/aromatic N) is 2. The first kappa shape index (κ1) is 9.21. The smallest absolute Gasteiger partial charge is 0.223 e. The maximum atomic E-state index is 11.4. The summed E-state index contributed by atoms with van der Waals surface area (Å²) in [5.41, 5.74) is 0.706. The molecule has 0 aromatic carbocycles. The zero-order chi connectivity index (χ0) is 10.1. The van der Waals surface area contributed by atoms with E-state index < -0.39 is 0 Å². The molecule has 1 aliphatic rings. The van der Waals surface area contributed by atoms with Crippen LogP contribution in [-0.4, -0.2) is 34.7 Å².